The number of thiazole rings is 1. The smallest absolute Gasteiger partial charge is 0.230 e. The monoisotopic (exact) mass is 384 g/mol. The van der Waals surface area contributed by atoms with Crippen molar-refractivity contribution in [2.75, 3.05) is 16.8 Å². The van der Waals surface area contributed by atoms with Gasteiger partial charge in [0.1, 0.15) is 0 Å². The van der Waals surface area contributed by atoms with E-state index in [1.165, 1.54) is 11.3 Å². The molecule has 1 aromatic heterocycles. The van der Waals surface area contributed by atoms with Gasteiger partial charge in [0.2, 0.25) is 5.91 Å². The standard InChI is InChI=1S/C16H17ClN2O3S2/c1-10-2-3-11(7-14(10)17)6-13-8-18-16(23-13)19-15(20)12-4-5-24(21,22)9-12/h2-3,7-8,12H,4-6,9H2,1H3,(H,18,19,20). The molecule has 2 aromatic rings. The Balaban J connectivity index is 1.63. The Morgan fingerprint density at radius 2 is 2.25 bits per heavy atom. The number of nitrogens with zero attached hydrogens (tertiary/aromatic N) is 1. The van der Waals surface area contributed by atoms with Gasteiger partial charge in [-0.15, -0.1) is 11.3 Å². The second-order valence-corrected chi connectivity index (χ2v) is 9.73. The first kappa shape index (κ1) is 17.4. The van der Waals surface area contributed by atoms with E-state index in [0.29, 0.717) is 18.0 Å². The first-order valence-corrected chi connectivity index (χ1v) is 10.5. The number of aromatic nitrogens is 1. The lowest BCUT2D eigenvalue weighted by Gasteiger charge is -2.06. The third-order valence-corrected chi connectivity index (χ3v) is 7.09. The first-order valence-electron chi connectivity index (χ1n) is 7.53. The molecule has 1 aliphatic heterocycles. The largest absolute Gasteiger partial charge is 0.302 e. The van der Waals surface area contributed by atoms with Gasteiger partial charge < -0.3 is 5.32 Å². The van der Waals surface area contributed by atoms with Crippen LogP contribution in [-0.4, -0.2) is 30.8 Å². The van der Waals surface area contributed by atoms with Crippen molar-refractivity contribution >= 4 is 43.8 Å². The van der Waals surface area contributed by atoms with E-state index in [0.717, 1.165) is 21.0 Å². The SMILES string of the molecule is Cc1ccc(Cc2cnc(NC(=O)C3CCS(=O)(=O)C3)s2)cc1Cl. The van der Waals surface area contributed by atoms with Crippen molar-refractivity contribution in [1.82, 2.24) is 4.98 Å². The Bertz CT molecular complexity index is 877. The number of halogens is 1. The van der Waals surface area contributed by atoms with E-state index in [2.05, 4.69) is 10.3 Å². The molecule has 0 radical (unpaired) electrons. The van der Waals surface area contributed by atoms with Crippen LogP contribution in [0.2, 0.25) is 5.02 Å². The van der Waals surface area contributed by atoms with Gasteiger partial charge in [0.05, 0.1) is 17.4 Å². The third-order valence-electron chi connectivity index (χ3n) is 4.00. The number of nitrogens with one attached hydrogen (secondary N) is 1. The lowest BCUT2D eigenvalue weighted by atomic mass is 10.1. The van der Waals surface area contributed by atoms with Crippen LogP contribution in [0.1, 0.15) is 22.4 Å². The molecular formula is C16H17ClN2O3S2. The molecule has 24 heavy (non-hydrogen) atoms. The number of amides is 1. The minimum absolute atomic E-state index is 0.0705. The van der Waals surface area contributed by atoms with Gasteiger partial charge in [-0.2, -0.15) is 0 Å². The van der Waals surface area contributed by atoms with Crippen molar-refractivity contribution in [3.05, 3.63) is 45.4 Å². The van der Waals surface area contributed by atoms with Gasteiger partial charge in [-0.05, 0) is 30.5 Å². The number of rotatable bonds is 4. The van der Waals surface area contributed by atoms with Gasteiger partial charge in [0, 0.05) is 22.5 Å². The minimum Gasteiger partial charge on any atom is -0.302 e. The molecule has 1 amide bonds. The van der Waals surface area contributed by atoms with Gasteiger partial charge in [-0.1, -0.05) is 23.7 Å². The summed E-state index contributed by atoms with van der Waals surface area (Å²) >= 11 is 7.52. The van der Waals surface area contributed by atoms with E-state index in [9.17, 15) is 13.2 Å². The zero-order chi connectivity index (χ0) is 17.3. The molecule has 1 aromatic carbocycles. The topological polar surface area (TPSA) is 76.1 Å². The van der Waals surface area contributed by atoms with Crippen LogP contribution in [0.4, 0.5) is 5.13 Å². The van der Waals surface area contributed by atoms with E-state index in [4.69, 9.17) is 11.6 Å². The van der Waals surface area contributed by atoms with Crippen LogP contribution in [0.5, 0.6) is 0 Å². The predicted octanol–water partition coefficient (Wildman–Crippen LogP) is 3.07. The Morgan fingerprint density at radius 3 is 2.92 bits per heavy atom. The fraction of sp³-hybridized carbons (Fsp3) is 0.375. The number of hydrogen-bond donors (Lipinski definition) is 1. The minimum atomic E-state index is -3.07. The molecular weight excluding hydrogens is 368 g/mol. The molecule has 5 nitrogen and oxygen atoms in total. The molecule has 128 valence electrons. The quantitative estimate of drug-likeness (QED) is 0.878. The molecule has 8 heteroatoms. The highest BCUT2D eigenvalue weighted by atomic mass is 35.5. The normalized spacial score (nSPS) is 19.3. The van der Waals surface area contributed by atoms with Gasteiger partial charge in [-0.3, -0.25) is 4.79 Å². The molecule has 1 unspecified atom stereocenters. The van der Waals surface area contributed by atoms with Crippen LogP contribution in [0, 0.1) is 12.8 Å². The second kappa shape index (κ2) is 6.82. The summed E-state index contributed by atoms with van der Waals surface area (Å²) in [5.74, 6) is -0.727. The summed E-state index contributed by atoms with van der Waals surface area (Å²) in [5, 5.41) is 3.95. The van der Waals surface area contributed by atoms with E-state index in [-0.39, 0.29) is 17.4 Å². The maximum atomic E-state index is 12.1. The van der Waals surface area contributed by atoms with Crippen LogP contribution in [0.15, 0.2) is 24.4 Å². The number of carbonyl (C=O) groups is 1. The lowest BCUT2D eigenvalue weighted by molar-refractivity contribution is -0.119. The lowest BCUT2D eigenvalue weighted by Crippen LogP contribution is -2.23. The zero-order valence-corrected chi connectivity index (χ0v) is 15.5. The van der Waals surface area contributed by atoms with Crippen molar-refractivity contribution < 1.29 is 13.2 Å². The summed E-state index contributed by atoms with van der Waals surface area (Å²) in [6, 6.07) is 5.92. The van der Waals surface area contributed by atoms with E-state index >= 15 is 0 Å². The Hall–Kier alpha value is -1.44. The number of sulfone groups is 1. The van der Waals surface area contributed by atoms with Crippen LogP contribution in [0.25, 0.3) is 0 Å². The molecule has 1 aliphatic rings. The van der Waals surface area contributed by atoms with Crippen molar-refractivity contribution in [3.8, 4) is 0 Å². The van der Waals surface area contributed by atoms with Crippen molar-refractivity contribution in [3.63, 3.8) is 0 Å². The summed E-state index contributed by atoms with van der Waals surface area (Å²) in [7, 11) is -3.07. The molecule has 1 saturated heterocycles. The highest BCUT2D eigenvalue weighted by molar-refractivity contribution is 7.91. The number of carbonyl (C=O) groups excluding carboxylic acids is 1. The maximum absolute atomic E-state index is 12.1. The molecule has 0 saturated carbocycles. The Morgan fingerprint density at radius 1 is 1.46 bits per heavy atom. The molecule has 1 atom stereocenters. The maximum Gasteiger partial charge on any atom is 0.230 e. The van der Waals surface area contributed by atoms with Crippen molar-refractivity contribution in [1.29, 1.82) is 0 Å². The highest BCUT2D eigenvalue weighted by Gasteiger charge is 2.33. The van der Waals surface area contributed by atoms with Gasteiger partial charge in [-0.25, -0.2) is 13.4 Å². The van der Waals surface area contributed by atoms with E-state index in [1.54, 1.807) is 6.20 Å². The summed E-state index contributed by atoms with van der Waals surface area (Å²) in [4.78, 5) is 17.3. The number of aryl methyl sites for hydroxylation is 1. The summed E-state index contributed by atoms with van der Waals surface area (Å²) in [6.45, 7) is 1.95. The Labute approximate surface area is 150 Å². The zero-order valence-electron chi connectivity index (χ0n) is 13.1. The molecule has 2 heterocycles. The summed E-state index contributed by atoms with van der Waals surface area (Å²) in [6.07, 6.45) is 2.79. The van der Waals surface area contributed by atoms with Crippen molar-refractivity contribution in [2.24, 2.45) is 5.92 Å². The summed E-state index contributed by atoms with van der Waals surface area (Å²) < 4.78 is 22.9. The molecule has 0 aliphatic carbocycles. The van der Waals surface area contributed by atoms with Crippen LogP contribution >= 0.6 is 22.9 Å². The predicted molar refractivity (Wildman–Crippen MR) is 96.5 cm³/mol. The van der Waals surface area contributed by atoms with E-state index < -0.39 is 15.8 Å². The fourth-order valence-corrected chi connectivity index (χ4v) is 5.40. The number of benzene rings is 1. The average Bonchev–Trinajstić information content (AvgIpc) is 3.09. The third kappa shape index (κ3) is 4.15. The average molecular weight is 385 g/mol. The van der Waals surface area contributed by atoms with Crippen LogP contribution in [0.3, 0.4) is 0 Å². The fourth-order valence-electron chi connectivity index (χ4n) is 2.60. The van der Waals surface area contributed by atoms with Crippen LogP contribution < -0.4 is 5.32 Å². The van der Waals surface area contributed by atoms with Crippen LogP contribution in [-0.2, 0) is 21.1 Å². The number of hydrogen-bond acceptors (Lipinski definition) is 5. The summed E-state index contributed by atoms with van der Waals surface area (Å²) in [5.41, 5.74) is 2.11. The molecule has 3 rings (SSSR count). The Kier molecular flexibility index (Phi) is 4.94. The molecule has 1 fully saturated rings. The molecule has 1 N–H and O–H groups in total. The molecule has 0 bridgehead atoms. The van der Waals surface area contributed by atoms with Gasteiger partial charge in [0.15, 0.2) is 15.0 Å². The number of anilines is 1. The van der Waals surface area contributed by atoms with Gasteiger partial charge in [0.25, 0.3) is 0 Å². The second-order valence-electron chi connectivity index (χ2n) is 5.98. The molecule has 0 spiro atoms. The highest BCUT2D eigenvalue weighted by Crippen LogP contribution is 2.25. The van der Waals surface area contributed by atoms with Crippen molar-refractivity contribution in [2.45, 2.75) is 19.8 Å². The van der Waals surface area contributed by atoms with Gasteiger partial charge >= 0.3 is 0 Å². The van der Waals surface area contributed by atoms with E-state index in [1.807, 2.05) is 25.1 Å². The first-order chi connectivity index (χ1) is 11.3.